The Balaban J connectivity index is 3.57. The zero-order valence-electron chi connectivity index (χ0n) is 7.83. The molecule has 0 unspecified atom stereocenters. The van der Waals surface area contributed by atoms with E-state index in [9.17, 15) is 14.0 Å². The molecular formula is C10H9FO3. The van der Waals surface area contributed by atoms with Crippen molar-refractivity contribution in [2.45, 2.75) is 6.92 Å². The topological polar surface area (TPSA) is 43.4 Å². The Hall–Kier alpha value is -1.71. The molecule has 4 heteroatoms. The summed E-state index contributed by atoms with van der Waals surface area (Å²) in [6.45, 7) is 1.48. The number of aryl methyl sites for hydroxylation is 1. The van der Waals surface area contributed by atoms with Gasteiger partial charge in [-0.3, -0.25) is 9.59 Å². The lowest BCUT2D eigenvalue weighted by atomic mass is 10.0. The first-order valence-electron chi connectivity index (χ1n) is 3.93. The molecule has 0 aromatic heterocycles. The van der Waals surface area contributed by atoms with Crippen LogP contribution in [0.25, 0.3) is 0 Å². The largest absolute Gasteiger partial charge is 0.495 e. The molecule has 14 heavy (non-hydrogen) atoms. The van der Waals surface area contributed by atoms with Gasteiger partial charge in [0.1, 0.15) is 11.6 Å². The van der Waals surface area contributed by atoms with Gasteiger partial charge in [-0.15, -0.1) is 0 Å². The van der Waals surface area contributed by atoms with Crippen molar-refractivity contribution >= 4 is 12.6 Å². The van der Waals surface area contributed by atoms with E-state index in [1.54, 1.807) is 0 Å². The molecule has 1 rings (SSSR count). The Morgan fingerprint density at radius 2 is 2.00 bits per heavy atom. The van der Waals surface area contributed by atoms with Gasteiger partial charge in [-0.05, 0) is 18.6 Å². The Kier molecular flexibility index (Phi) is 2.96. The maximum absolute atomic E-state index is 13.3. The van der Waals surface area contributed by atoms with Crippen LogP contribution >= 0.6 is 0 Å². The average Bonchev–Trinajstić information content (AvgIpc) is 2.20. The van der Waals surface area contributed by atoms with Crippen LogP contribution in [0.5, 0.6) is 5.75 Å². The Morgan fingerprint density at radius 1 is 1.36 bits per heavy atom. The van der Waals surface area contributed by atoms with Crippen LogP contribution in [-0.2, 0) is 0 Å². The van der Waals surface area contributed by atoms with Crippen LogP contribution in [0.3, 0.4) is 0 Å². The lowest BCUT2D eigenvalue weighted by molar-refractivity contribution is 0.111. The fourth-order valence-electron chi connectivity index (χ4n) is 1.25. The lowest BCUT2D eigenvalue weighted by Gasteiger charge is -2.09. The molecular weight excluding hydrogens is 186 g/mol. The van der Waals surface area contributed by atoms with E-state index in [1.165, 1.54) is 20.1 Å². The van der Waals surface area contributed by atoms with Gasteiger partial charge in [0.05, 0.1) is 18.2 Å². The number of hydrogen-bond donors (Lipinski definition) is 0. The molecule has 74 valence electrons. The third-order valence-electron chi connectivity index (χ3n) is 1.91. The van der Waals surface area contributed by atoms with Gasteiger partial charge in [-0.2, -0.15) is 0 Å². The molecule has 0 spiro atoms. The zero-order valence-corrected chi connectivity index (χ0v) is 7.83. The van der Waals surface area contributed by atoms with Gasteiger partial charge < -0.3 is 4.74 Å². The summed E-state index contributed by atoms with van der Waals surface area (Å²) in [5, 5.41) is 0. The van der Waals surface area contributed by atoms with E-state index in [-0.39, 0.29) is 22.4 Å². The second-order valence-electron chi connectivity index (χ2n) is 2.78. The minimum absolute atomic E-state index is 0.0156. The number of benzene rings is 1. The van der Waals surface area contributed by atoms with Crippen LogP contribution in [0.4, 0.5) is 4.39 Å². The van der Waals surface area contributed by atoms with Gasteiger partial charge in [-0.1, -0.05) is 0 Å². The lowest BCUT2D eigenvalue weighted by Crippen LogP contribution is -2.01. The monoisotopic (exact) mass is 195 g/mol. The minimum Gasteiger partial charge on any atom is -0.495 e. The van der Waals surface area contributed by atoms with Crippen molar-refractivity contribution in [2.75, 3.05) is 7.11 Å². The van der Waals surface area contributed by atoms with Crippen molar-refractivity contribution in [3.63, 3.8) is 0 Å². The molecule has 3 nitrogen and oxygen atoms in total. The van der Waals surface area contributed by atoms with E-state index < -0.39 is 5.82 Å². The second-order valence-corrected chi connectivity index (χ2v) is 2.78. The molecule has 0 aliphatic rings. The molecule has 0 fully saturated rings. The number of rotatable bonds is 3. The Morgan fingerprint density at radius 3 is 2.43 bits per heavy atom. The summed E-state index contributed by atoms with van der Waals surface area (Å²) in [6, 6.07) is 1.34. The molecule has 0 bridgehead atoms. The highest BCUT2D eigenvalue weighted by atomic mass is 18.2. The summed E-state index contributed by atoms with van der Waals surface area (Å²) in [5.41, 5.74) is 0.207. The first-order valence-corrected chi connectivity index (χ1v) is 3.93. The summed E-state index contributed by atoms with van der Waals surface area (Å²) in [7, 11) is 1.28. The van der Waals surface area contributed by atoms with E-state index in [0.717, 1.165) is 0 Å². The Labute approximate surface area is 80.5 Å². The molecule has 0 N–H and O–H groups in total. The average molecular weight is 195 g/mol. The van der Waals surface area contributed by atoms with Gasteiger partial charge in [0.2, 0.25) is 0 Å². The predicted octanol–water partition coefficient (Wildman–Crippen LogP) is 1.77. The van der Waals surface area contributed by atoms with Gasteiger partial charge in [0, 0.05) is 0 Å². The zero-order chi connectivity index (χ0) is 10.7. The second kappa shape index (κ2) is 4.00. The molecule has 1 aromatic rings. The number of carbonyl (C=O) groups excluding carboxylic acids is 2. The first kappa shape index (κ1) is 10.4. The number of carbonyl (C=O) groups is 2. The van der Waals surface area contributed by atoms with Gasteiger partial charge in [0.15, 0.2) is 12.6 Å². The summed E-state index contributed by atoms with van der Waals surface area (Å²) in [4.78, 5) is 21.2. The molecule has 0 saturated heterocycles. The van der Waals surface area contributed by atoms with Crippen LogP contribution < -0.4 is 4.74 Å². The molecule has 0 saturated carbocycles. The molecule has 0 amide bonds. The summed E-state index contributed by atoms with van der Waals surface area (Å²) in [5.74, 6) is -0.666. The van der Waals surface area contributed by atoms with Crippen LogP contribution in [0, 0.1) is 12.7 Å². The van der Waals surface area contributed by atoms with Crippen LogP contribution in [0.15, 0.2) is 6.07 Å². The number of ether oxygens (including phenoxy) is 1. The first-order chi connectivity index (χ1) is 6.65. The van der Waals surface area contributed by atoms with Crippen molar-refractivity contribution < 1.29 is 18.7 Å². The van der Waals surface area contributed by atoms with Gasteiger partial charge in [0.25, 0.3) is 0 Å². The molecule has 1 aromatic carbocycles. The third-order valence-corrected chi connectivity index (χ3v) is 1.91. The number of halogens is 1. The number of methoxy groups -OCH3 is 1. The van der Waals surface area contributed by atoms with Gasteiger partial charge in [-0.25, -0.2) is 4.39 Å². The Bertz CT molecular complexity index is 385. The van der Waals surface area contributed by atoms with Crippen LogP contribution in [0.1, 0.15) is 26.3 Å². The summed E-state index contributed by atoms with van der Waals surface area (Å²) in [6.07, 6.45) is 0.867. The molecule has 0 atom stereocenters. The smallest absolute Gasteiger partial charge is 0.156 e. The highest BCUT2D eigenvalue weighted by Gasteiger charge is 2.15. The number of aldehydes is 2. The SMILES string of the molecule is COc1c(C=O)cc(C)c([18F])c1C=O. The fraction of sp³-hybridized carbons (Fsp3) is 0.200. The van der Waals surface area contributed by atoms with E-state index >= 15 is 0 Å². The standard InChI is InChI=1S/C10H9FO3/c1-6-3-7(4-12)10(14-2)8(5-13)9(6)11/h3-5H,1-2H3/i11-1. The van der Waals surface area contributed by atoms with E-state index in [0.29, 0.717) is 12.6 Å². The number of hydrogen-bond acceptors (Lipinski definition) is 3. The summed E-state index contributed by atoms with van der Waals surface area (Å²) >= 11 is 0. The van der Waals surface area contributed by atoms with Crippen molar-refractivity contribution in [1.29, 1.82) is 0 Å². The molecule has 0 heterocycles. The fourth-order valence-corrected chi connectivity index (χ4v) is 1.25. The summed E-state index contributed by atoms with van der Waals surface area (Å²) < 4.78 is 18.1. The van der Waals surface area contributed by atoms with E-state index in [4.69, 9.17) is 4.74 Å². The van der Waals surface area contributed by atoms with Crippen molar-refractivity contribution in [3.05, 3.63) is 28.6 Å². The van der Waals surface area contributed by atoms with Crippen molar-refractivity contribution in [1.82, 2.24) is 0 Å². The van der Waals surface area contributed by atoms with Crippen molar-refractivity contribution in [3.8, 4) is 5.75 Å². The van der Waals surface area contributed by atoms with Crippen LogP contribution in [-0.4, -0.2) is 19.7 Å². The van der Waals surface area contributed by atoms with Crippen LogP contribution in [0.2, 0.25) is 0 Å². The third kappa shape index (κ3) is 1.51. The van der Waals surface area contributed by atoms with Gasteiger partial charge >= 0.3 is 0 Å². The normalized spacial score (nSPS) is 9.64. The maximum Gasteiger partial charge on any atom is 0.156 e. The van der Waals surface area contributed by atoms with E-state index in [1.807, 2.05) is 0 Å². The minimum atomic E-state index is -0.651. The predicted molar refractivity (Wildman–Crippen MR) is 48.5 cm³/mol. The molecule has 0 aliphatic heterocycles. The van der Waals surface area contributed by atoms with E-state index in [2.05, 4.69) is 0 Å². The quantitative estimate of drug-likeness (QED) is 0.690. The maximum atomic E-state index is 13.3. The highest BCUT2D eigenvalue weighted by molar-refractivity contribution is 5.89. The van der Waals surface area contributed by atoms with Crippen molar-refractivity contribution in [2.24, 2.45) is 0 Å². The molecule has 0 radical (unpaired) electrons. The highest BCUT2D eigenvalue weighted by Crippen LogP contribution is 2.26. The molecule has 0 aliphatic carbocycles.